The number of ketones is 1. The van der Waals surface area contributed by atoms with E-state index in [1.54, 1.807) is 4.90 Å². The molecule has 1 saturated heterocycles. The van der Waals surface area contributed by atoms with Crippen LogP contribution >= 0.6 is 0 Å². The molecule has 1 amide bonds. The van der Waals surface area contributed by atoms with Crippen molar-refractivity contribution in [2.45, 2.75) is 19.8 Å². The predicted octanol–water partition coefficient (Wildman–Crippen LogP) is 1.80. The molecule has 0 N–H and O–H groups in total. The maximum absolute atomic E-state index is 12.1. The summed E-state index contributed by atoms with van der Waals surface area (Å²) in [6.07, 6.45) is 0.995. The van der Waals surface area contributed by atoms with Crippen molar-refractivity contribution in [1.29, 1.82) is 0 Å². The zero-order valence-corrected chi connectivity index (χ0v) is 9.40. The predicted molar refractivity (Wildman–Crippen MR) is 61.3 cm³/mol. The molecule has 3 heteroatoms. The van der Waals surface area contributed by atoms with Gasteiger partial charge in [-0.15, -0.1) is 0 Å². The van der Waals surface area contributed by atoms with Gasteiger partial charge in [-0.05, 0) is 19.1 Å². The van der Waals surface area contributed by atoms with Crippen LogP contribution < -0.4 is 0 Å². The van der Waals surface area contributed by atoms with E-state index < -0.39 is 0 Å². The summed E-state index contributed by atoms with van der Waals surface area (Å²) in [6, 6.07) is 7.57. The Morgan fingerprint density at radius 3 is 2.56 bits per heavy atom. The second kappa shape index (κ2) is 4.47. The monoisotopic (exact) mass is 217 g/mol. The van der Waals surface area contributed by atoms with Crippen LogP contribution in [0.3, 0.4) is 0 Å². The van der Waals surface area contributed by atoms with Crippen LogP contribution in [-0.4, -0.2) is 29.7 Å². The Hall–Kier alpha value is -1.64. The van der Waals surface area contributed by atoms with Crippen LogP contribution in [0.2, 0.25) is 0 Å². The van der Waals surface area contributed by atoms with Gasteiger partial charge in [0.1, 0.15) is 5.78 Å². The van der Waals surface area contributed by atoms with Crippen molar-refractivity contribution in [2.75, 3.05) is 13.1 Å². The van der Waals surface area contributed by atoms with Crippen molar-refractivity contribution in [3.8, 4) is 0 Å². The fourth-order valence-corrected chi connectivity index (χ4v) is 1.92. The van der Waals surface area contributed by atoms with Crippen molar-refractivity contribution < 1.29 is 9.59 Å². The summed E-state index contributed by atoms with van der Waals surface area (Å²) in [5.41, 5.74) is 1.80. The molecule has 0 unspecified atom stereocenters. The van der Waals surface area contributed by atoms with Gasteiger partial charge in [0.2, 0.25) is 0 Å². The Morgan fingerprint density at radius 1 is 1.25 bits per heavy atom. The first-order valence-electron chi connectivity index (χ1n) is 5.54. The van der Waals surface area contributed by atoms with Gasteiger partial charge in [0.15, 0.2) is 0 Å². The van der Waals surface area contributed by atoms with E-state index in [9.17, 15) is 9.59 Å². The van der Waals surface area contributed by atoms with Gasteiger partial charge in [-0.1, -0.05) is 17.7 Å². The van der Waals surface area contributed by atoms with Gasteiger partial charge in [0.25, 0.3) is 5.91 Å². The highest BCUT2D eigenvalue weighted by Crippen LogP contribution is 2.12. The molecule has 1 aliphatic heterocycles. The topological polar surface area (TPSA) is 37.4 Å². The van der Waals surface area contributed by atoms with Crippen molar-refractivity contribution in [1.82, 2.24) is 4.90 Å². The summed E-state index contributed by atoms with van der Waals surface area (Å²) in [6.45, 7) is 3.09. The van der Waals surface area contributed by atoms with E-state index in [1.165, 1.54) is 0 Å². The molecule has 84 valence electrons. The zero-order valence-electron chi connectivity index (χ0n) is 9.40. The average molecular weight is 217 g/mol. The highest BCUT2D eigenvalue weighted by atomic mass is 16.2. The largest absolute Gasteiger partial charge is 0.338 e. The summed E-state index contributed by atoms with van der Waals surface area (Å²) in [5, 5.41) is 0. The summed E-state index contributed by atoms with van der Waals surface area (Å²) >= 11 is 0. The van der Waals surface area contributed by atoms with Gasteiger partial charge in [0, 0.05) is 31.5 Å². The SMILES string of the molecule is Cc1cccc(C(=O)N2CCC(=O)CC2)c1. The molecule has 1 heterocycles. The molecule has 16 heavy (non-hydrogen) atoms. The second-order valence-electron chi connectivity index (χ2n) is 4.20. The number of piperidine rings is 1. The summed E-state index contributed by atoms with van der Waals surface area (Å²) in [7, 11) is 0. The fraction of sp³-hybridized carbons (Fsp3) is 0.385. The summed E-state index contributed by atoms with van der Waals surface area (Å²) < 4.78 is 0. The smallest absolute Gasteiger partial charge is 0.253 e. The molecule has 0 spiro atoms. The van der Waals surface area contributed by atoms with E-state index in [0.717, 1.165) is 5.56 Å². The van der Waals surface area contributed by atoms with Gasteiger partial charge < -0.3 is 4.90 Å². The number of Topliss-reactive ketones (excluding diaryl/α,β-unsaturated/α-hetero) is 1. The molecule has 3 nitrogen and oxygen atoms in total. The van der Waals surface area contributed by atoms with Crippen molar-refractivity contribution in [2.24, 2.45) is 0 Å². The first-order chi connectivity index (χ1) is 7.66. The number of nitrogens with zero attached hydrogens (tertiary/aromatic N) is 1. The normalized spacial score (nSPS) is 16.3. The number of rotatable bonds is 1. The van der Waals surface area contributed by atoms with Crippen molar-refractivity contribution in [3.05, 3.63) is 35.4 Å². The Labute approximate surface area is 95.1 Å². The van der Waals surface area contributed by atoms with Gasteiger partial charge >= 0.3 is 0 Å². The van der Waals surface area contributed by atoms with Crippen LogP contribution in [0.25, 0.3) is 0 Å². The number of carbonyl (C=O) groups is 2. The maximum atomic E-state index is 12.1. The zero-order chi connectivity index (χ0) is 11.5. The summed E-state index contributed by atoms with van der Waals surface area (Å²) in [5.74, 6) is 0.296. The molecule has 1 aromatic carbocycles. The number of aryl methyl sites for hydroxylation is 1. The minimum absolute atomic E-state index is 0.0381. The van der Waals surface area contributed by atoms with Crippen molar-refractivity contribution >= 4 is 11.7 Å². The molecule has 1 aromatic rings. The van der Waals surface area contributed by atoms with Crippen molar-refractivity contribution in [3.63, 3.8) is 0 Å². The molecular formula is C13H15NO2. The Kier molecular flexibility index (Phi) is 3.04. The van der Waals surface area contributed by atoms with Gasteiger partial charge in [0.05, 0.1) is 0 Å². The summed E-state index contributed by atoms with van der Waals surface area (Å²) in [4.78, 5) is 24.9. The minimum atomic E-state index is 0.0381. The van der Waals surface area contributed by atoms with Crippen LogP contribution in [0.4, 0.5) is 0 Å². The van der Waals surface area contributed by atoms with Gasteiger partial charge in [-0.3, -0.25) is 9.59 Å². The Bertz CT molecular complexity index is 416. The lowest BCUT2D eigenvalue weighted by molar-refractivity contribution is -0.120. The van der Waals surface area contributed by atoms with E-state index in [-0.39, 0.29) is 11.7 Å². The maximum Gasteiger partial charge on any atom is 0.253 e. The molecule has 0 radical (unpaired) electrons. The average Bonchev–Trinajstić information content (AvgIpc) is 2.29. The third kappa shape index (κ3) is 2.30. The molecule has 0 atom stereocenters. The van der Waals surface area contributed by atoms with Crippen LogP contribution in [0, 0.1) is 6.92 Å². The molecular weight excluding hydrogens is 202 g/mol. The molecule has 2 rings (SSSR count). The van der Waals surface area contributed by atoms with Crippen LogP contribution in [0.5, 0.6) is 0 Å². The molecule has 0 bridgehead atoms. The van der Waals surface area contributed by atoms with Gasteiger partial charge in [-0.25, -0.2) is 0 Å². The standard InChI is InChI=1S/C13H15NO2/c1-10-3-2-4-11(9-10)13(16)14-7-5-12(15)6-8-14/h2-4,9H,5-8H2,1H3. The molecule has 0 aromatic heterocycles. The van der Waals surface area contributed by atoms with Crippen LogP contribution in [0.15, 0.2) is 24.3 Å². The first kappa shape index (κ1) is 10.9. The lowest BCUT2D eigenvalue weighted by Gasteiger charge is -2.26. The first-order valence-corrected chi connectivity index (χ1v) is 5.54. The Balaban J connectivity index is 2.10. The van der Waals surface area contributed by atoms with E-state index in [4.69, 9.17) is 0 Å². The van der Waals surface area contributed by atoms with Crippen LogP contribution in [-0.2, 0) is 4.79 Å². The van der Waals surface area contributed by atoms with Crippen LogP contribution in [0.1, 0.15) is 28.8 Å². The third-order valence-corrected chi connectivity index (χ3v) is 2.87. The Morgan fingerprint density at radius 2 is 1.94 bits per heavy atom. The molecule has 1 fully saturated rings. The number of hydrogen-bond acceptors (Lipinski definition) is 2. The second-order valence-corrected chi connectivity index (χ2v) is 4.20. The fourth-order valence-electron chi connectivity index (χ4n) is 1.92. The molecule has 0 saturated carbocycles. The molecule has 0 aliphatic carbocycles. The number of likely N-dealkylation sites (tertiary alicyclic amines) is 1. The lowest BCUT2D eigenvalue weighted by atomic mass is 10.1. The van der Waals surface area contributed by atoms with E-state index >= 15 is 0 Å². The number of amides is 1. The third-order valence-electron chi connectivity index (χ3n) is 2.87. The molecule has 1 aliphatic rings. The van der Waals surface area contributed by atoms with E-state index in [0.29, 0.717) is 31.5 Å². The van der Waals surface area contributed by atoms with Gasteiger partial charge in [-0.2, -0.15) is 0 Å². The lowest BCUT2D eigenvalue weighted by Crippen LogP contribution is -2.38. The number of benzene rings is 1. The number of hydrogen-bond donors (Lipinski definition) is 0. The van der Waals surface area contributed by atoms with E-state index in [1.807, 2.05) is 31.2 Å². The highest BCUT2D eigenvalue weighted by molar-refractivity contribution is 5.95. The number of carbonyl (C=O) groups excluding carboxylic acids is 2. The minimum Gasteiger partial charge on any atom is -0.338 e. The van der Waals surface area contributed by atoms with E-state index in [2.05, 4.69) is 0 Å². The quantitative estimate of drug-likeness (QED) is 0.719. The highest BCUT2D eigenvalue weighted by Gasteiger charge is 2.21.